The van der Waals surface area contributed by atoms with Gasteiger partial charge < -0.3 is 18.9 Å². The van der Waals surface area contributed by atoms with Crippen LogP contribution in [0.5, 0.6) is 0 Å². The average Bonchev–Trinajstić information content (AvgIpc) is 3.41. The third-order valence-electron chi connectivity index (χ3n) is 4.75. The van der Waals surface area contributed by atoms with Crippen LogP contribution in [0.25, 0.3) is 10.2 Å². The number of aromatic nitrogens is 1. The fraction of sp³-hybridized carbons (Fsp3) is 0.450. The van der Waals surface area contributed by atoms with Crippen LogP contribution in [0.1, 0.15) is 23.2 Å². The first-order valence-corrected chi connectivity index (χ1v) is 11.6. The molecule has 0 N–H and O–H groups in total. The third kappa shape index (κ3) is 5.73. The number of amides is 2. The molecule has 2 aromatic rings. The molecule has 11 heteroatoms. The van der Waals surface area contributed by atoms with Crippen molar-refractivity contribution in [3.8, 4) is 0 Å². The summed E-state index contributed by atoms with van der Waals surface area (Å²) in [7, 11) is 2.58. The number of ether oxygens (including phenoxy) is 2. The van der Waals surface area contributed by atoms with Gasteiger partial charge in [-0.25, -0.2) is 4.79 Å². The molecule has 0 unspecified atom stereocenters. The number of nitrogens with zero attached hydrogens (tertiary/aromatic N) is 3. The molecule has 166 valence electrons. The highest BCUT2D eigenvalue weighted by Gasteiger charge is 2.18. The summed E-state index contributed by atoms with van der Waals surface area (Å²) in [6, 6.07) is 4.89. The minimum Gasteiger partial charge on any atom is -0.468 e. The SMILES string of the molecule is COC(=O)Cn1c(=NC(=O)CSCC(=O)N2CCCC2)sc2cc(C(=O)OC)ccc21. The van der Waals surface area contributed by atoms with E-state index in [9.17, 15) is 19.2 Å². The quantitative estimate of drug-likeness (QED) is 0.570. The zero-order valence-corrected chi connectivity index (χ0v) is 18.9. The van der Waals surface area contributed by atoms with Gasteiger partial charge in [-0.1, -0.05) is 11.3 Å². The van der Waals surface area contributed by atoms with Crippen LogP contribution in [-0.2, 0) is 30.4 Å². The molecule has 0 saturated carbocycles. The van der Waals surface area contributed by atoms with Gasteiger partial charge in [-0.05, 0) is 31.0 Å². The smallest absolute Gasteiger partial charge is 0.337 e. The molecule has 0 atom stereocenters. The number of thioether (sulfide) groups is 1. The van der Waals surface area contributed by atoms with E-state index in [1.54, 1.807) is 22.8 Å². The van der Waals surface area contributed by atoms with E-state index in [-0.39, 0.29) is 24.0 Å². The molecule has 0 aliphatic carbocycles. The minimum absolute atomic E-state index is 0.0354. The molecular formula is C20H23N3O6S2. The maximum Gasteiger partial charge on any atom is 0.337 e. The molecule has 1 aromatic carbocycles. The second-order valence-corrected chi connectivity index (χ2v) is 8.80. The molecule has 2 amide bonds. The lowest BCUT2D eigenvalue weighted by atomic mass is 10.2. The maximum absolute atomic E-state index is 12.4. The second-order valence-electron chi connectivity index (χ2n) is 6.81. The summed E-state index contributed by atoms with van der Waals surface area (Å²) in [4.78, 5) is 54.5. The van der Waals surface area contributed by atoms with Gasteiger partial charge in [0.1, 0.15) is 6.54 Å². The molecule has 9 nitrogen and oxygen atoms in total. The number of fused-ring (bicyclic) bond motifs is 1. The van der Waals surface area contributed by atoms with Gasteiger partial charge in [0, 0.05) is 13.1 Å². The van der Waals surface area contributed by atoms with E-state index >= 15 is 0 Å². The summed E-state index contributed by atoms with van der Waals surface area (Å²) < 4.78 is 11.7. The topological polar surface area (TPSA) is 107 Å². The second kappa shape index (κ2) is 10.6. The zero-order chi connectivity index (χ0) is 22.4. The summed E-state index contributed by atoms with van der Waals surface area (Å²) in [6.45, 7) is 1.43. The van der Waals surface area contributed by atoms with Crippen LogP contribution in [0, 0.1) is 0 Å². The molecular weight excluding hydrogens is 442 g/mol. The molecule has 1 saturated heterocycles. The normalized spacial score (nSPS) is 14.1. The minimum atomic E-state index is -0.490. The van der Waals surface area contributed by atoms with Crippen molar-refractivity contribution in [2.24, 2.45) is 4.99 Å². The van der Waals surface area contributed by atoms with Gasteiger partial charge in [-0.3, -0.25) is 14.4 Å². The monoisotopic (exact) mass is 465 g/mol. The first-order chi connectivity index (χ1) is 14.9. The predicted octanol–water partition coefficient (Wildman–Crippen LogP) is 1.45. The fourth-order valence-corrected chi connectivity index (χ4v) is 4.96. The molecule has 0 bridgehead atoms. The zero-order valence-electron chi connectivity index (χ0n) is 17.3. The maximum atomic E-state index is 12.4. The molecule has 0 spiro atoms. The van der Waals surface area contributed by atoms with Gasteiger partial charge >= 0.3 is 11.9 Å². The molecule has 0 radical (unpaired) electrons. The number of thiazole rings is 1. The van der Waals surface area contributed by atoms with Gasteiger partial charge in [0.15, 0.2) is 4.80 Å². The van der Waals surface area contributed by atoms with E-state index in [4.69, 9.17) is 9.47 Å². The Balaban J connectivity index is 1.80. The number of carbonyl (C=O) groups is 4. The van der Waals surface area contributed by atoms with Gasteiger partial charge in [0.2, 0.25) is 5.91 Å². The lowest BCUT2D eigenvalue weighted by Crippen LogP contribution is -2.29. The Kier molecular flexibility index (Phi) is 7.85. The van der Waals surface area contributed by atoms with Crippen molar-refractivity contribution in [2.75, 3.05) is 38.8 Å². The molecule has 1 aliphatic rings. The molecule has 1 aliphatic heterocycles. The Morgan fingerprint density at radius 1 is 1.10 bits per heavy atom. The fourth-order valence-electron chi connectivity index (χ4n) is 3.17. The Labute approximate surface area is 187 Å². The third-order valence-corrected chi connectivity index (χ3v) is 6.69. The molecule has 1 aromatic heterocycles. The summed E-state index contributed by atoms with van der Waals surface area (Å²) >= 11 is 2.41. The number of hydrogen-bond donors (Lipinski definition) is 0. The standard InChI is InChI=1S/C20H23N3O6S2/c1-28-18(26)10-23-14-6-5-13(19(27)29-2)9-15(14)31-20(23)21-16(24)11-30-12-17(25)22-7-3-4-8-22/h5-6,9H,3-4,7-8,10-12H2,1-2H3. The number of benzene rings is 1. The van der Waals surface area contributed by atoms with Crippen LogP contribution in [-0.4, -0.2) is 72.0 Å². The van der Waals surface area contributed by atoms with Gasteiger partial charge in [0.05, 0.1) is 41.5 Å². The van der Waals surface area contributed by atoms with E-state index in [0.717, 1.165) is 25.9 Å². The molecule has 1 fully saturated rings. The summed E-state index contributed by atoms with van der Waals surface area (Å²) in [5.74, 6) is -1.05. The van der Waals surface area contributed by atoms with E-state index in [1.807, 2.05) is 4.90 Å². The van der Waals surface area contributed by atoms with Crippen molar-refractivity contribution >= 4 is 57.1 Å². The number of rotatable bonds is 7. The highest BCUT2D eigenvalue weighted by molar-refractivity contribution is 8.00. The van der Waals surface area contributed by atoms with Crippen LogP contribution in [0.15, 0.2) is 23.2 Å². The molecule has 2 heterocycles. The first-order valence-electron chi connectivity index (χ1n) is 9.64. The van der Waals surface area contributed by atoms with Gasteiger partial charge in [-0.2, -0.15) is 4.99 Å². The predicted molar refractivity (Wildman–Crippen MR) is 117 cm³/mol. The van der Waals surface area contributed by atoms with Crippen LogP contribution in [0.4, 0.5) is 0 Å². The Morgan fingerprint density at radius 2 is 1.84 bits per heavy atom. The number of esters is 2. The summed E-state index contributed by atoms with van der Waals surface area (Å²) in [5.41, 5.74) is 1.00. The Morgan fingerprint density at radius 3 is 2.52 bits per heavy atom. The highest BCUT2D eigenvalue weighted by Crippen LogP contribution is 2.20. The Hall–Kier alpha value is -2.66. The van der Waals surface area contributed by atoms with Crippen LogP contribution in [0.3, 0.4) is 0 Å². The average molecular weight is 466 g/mol. The summed E-state index contributed by atoms with van der Waals surface area (Å²) in [5, 5.41) is 0. The van der Waals surface area contributed by atoms with E-state index in [0.29, 0.717) is 20.6 Å². The number of carbonyl (C=O) groups excluding carboxylic acids is 4. The van der Waals surface area contributed by atoms with Crippen molar-refractivity contribution in [2.45, 2.75) is 19.4 Å². The largest absolute Gasteiger partial charge is 0.468 e. The number of hydrogen-bond acceptors (Lipinski definition) is 8. The number of methoxy groups -OCH3 is 2. The van der Waals surface area contributed by atoms with E-state index in [1.165, 1.54) is 37.3 Å². The van der Waals surface area contributed by atoms with Crippen molar-refractivity contribution in [3.05, 3.63) is 28.6 Å². The van der Waals surface area contributed by atoms with Crippen LogP contribution in [0.2, 0.25) is 0 Å². The van der Waals surface area contributed by atoms with Crippen molar-refractivity contribution in [3.63, 3.8) is 0 Å². The van der Waals surface area contributed by atoms with Crippen LogP contribution < -0.4 is 4.80 Å². The lowest BCUT2D eigenvalue weighted by Gasteiger charge is -2.14. The van der Waals surface area contributed by atoms with Gasteiger partial charge in [-0.15, -0.1) is 11.8 Å². The Bertz CT molecular complexity index is 1070. The van der Waals surface area contributed by atoms with Crippen molar-refractivity contribution < 1.29 is 28.7 Å². The van der Waals surface area contributed by atoms with E-state index < -0.39 is 17.8 Å². The van der Waals surface area contributed by atoms with Crippen molar-refractivity contribution in [1.82, 2.24) is 9.47 Å². The summed E-state index contributed by atoms with van der Waals surface area (Å²) in [6.07, 6.45) is 2.04. The van der Waals surface area contributed by atoms with Crippen LogP contribution >= 0.6 is 23.1 Å². The highest BCUT2D eigenvalue weighted by atomic mass is 32.2. The molecule has 3 rings (SSSR count). The number of likely N-dealkylation sites (tertiary alicyclic amines) is 1. The van der Waals surface area contributed by atoms with E-state index in [2.05, 4.69) is 4.99 Å². The lowest BCUT2D eigenvalue weighted by molar-refractivity contribution is -0.141. The van der Waals surface area contributed by atoms with Crippen molar-refractivity contribution in [1.29, 1.82) is 0 Å². The van der Waals surface area contributed by atoms with Gasteiger partial charge in [0.25, 0.3) is 5.91 Å². The molecule has 31 heavy (non-hydrogen) atoms. The first kappa shape index (κ1) is 23.0.